The van der Waals surface area contributed by atoms with Gasteiger partial charge in [-0.1, -0.05) is 11.1 Å². The second-order valence-electron chi connectivity index (χ2n) is 4.86. The fourth-order valence-electron chi connectivity index (χ4n) is 1.99. The number of aromatic nitrogens is 4. The number of alkyl halides is 12. The maximum absolute atomic E-state index is 12.8. The van der Waals surface area contributed by atoms with E-state index >= 15 is 0 Å². The Bertz CT molecular complexity index is 691. The summed E-state index contributed by atoms with van der Waals surface area (Å²) in [6, 6.07) is 0. The number of H-pyrrole nitrogens is 2. The molecule has 2 heterocycles. The molecule has 0 radical (unpaired) electrons. The second kappa shape index (κ2) is 7.22. The zero-order valence-corrected chi connectivity index (χ0v) is 13.8. The van der Waals surface area contributed by atoms with Crippen molar-refractivity contribution in [3.05, 3.63) is 40.3 Å². The van der Waals surface area contributed by atoms with Gasteiger partial charge in [0.2, 0.25) is 0 Å². The third-order valence-corrected chi connectivity index (χ3v) is 3.00. The van der Waals surface area contributed by atoms with Crippen LogP contribution in [0.4, 0.5) is 52.7 Å². The van der Waals surface area contributed by atoms with Crippen molar-refractivity contribution in [3.63, 3.8) is 0 Å². The Morgan fingerprint density at radius 1 is 0.536 bits per heavy atom. The van der Waals surface area contributed by atoms with Gasteiger partial charge < -0.3 is 10.2 Å². The van der Waals surface area contributed by atoms with Gasteiger partial charge in [0.25, 0.3) is 0 Å². The summed E-state index contributed by atoms with van der Waals surface area (Å²) in [5.41, 5.74) is -13.4. The van der Waals surface area contributed by atoms with Crippen LogP contribution in [0.2, 0.25) is 0 Å². The number of hydrogen-bond acceptors (Lipinski definition) is 2. The van der Waals surface area contributed by atoms with Crippen LogP contribution in [0.1, 0.15) is 33.9 Å². The molecule has 0 fully saturated rings. The van der Waals surface area contributed by atoms with Crippen LogP contribution in [0.3, 0.4) is 0 Å². The standard InChI is InChI=1S/C11H3F12N4.Ag/c12-8(13,14)4-2(5(25-24-4)9(15,16)17)1-3-6(10(18,19)20)26-27-7(3)11(21,22)23;/h1H,(H,24,25)(H,26,27);/q-1;+1. The van der Waals surface area contributed by atoms with E-state index < -0.39 is 65.0 Å². The quantitative estimate of drug-likeness (QED) is 0.335. The molecule has 162 valence electrons. The molecule has 2 aromatic heterocycles. The van der Waals surface area contributed by atoms with Crippen molar-refractivity contribution in [2.45, 2.75) is 24.7 Å². The molecule has 17 heteroatoms. The average molecular weight is 527 g/mol. The molecule has 0 saturated heterocycles. The summed E-state index contributed by atoms with van der Waals surface area (Å²) in [6.07, 6.45) is -22.9. The molecule has 2 rings (SSSR count). The van der Waals surface area contributed by atoms with E-state index in [2.05, 4.69) is 10.2 Å². The van der Waals surface area contributed by atoms with Crippen molar-refractivity contribution < 1.29 is 75.1 Å². The predicted octanol–water partition coefficient (Wildman–Crippen LogP) is 4.81. The molecule has 4 nitrogen and oxygen atoms in total. The first kappa shape index (κ1) is 24.2. The van der Waals surface area contributed by atoms with Gasteiger partial charge in [0.1, 0.15) is 11.4 Å². The monoisotopic (exact) mass is 526 g/mol. The van der Waals surface area contributed by atoms with Crippen LogP contribution < -0.4 is 0 Å². The topological polar surface area (TPSA) is 57.4 Å². The van der Waals surface area contributed by atoms with E-state index in [1.807, 2.05) is 0 Å². The number of nitrogens with one attached hydrogen (secondary N) is 2. The number of rotatable bonds is 2. The largest absolute Gasteiger partial charge is 1.00 e. The zero-order valence-electron chi connectivity index (χ0n) is 12.3. The molecule has 0 saturated carbocycles. The molecule has 0 unspecified atom stereocenters. The van der Waals surface area contributed by atoms with E-state index in [4.69, 9.17) is 0 Å². The molecule has 2 N–H and O–H groups in total. The van der Waals surface area contributed by atoms with Crippen LogP contribution in [0, 0.1) is 6.42 Å². The molecule has 0 spiro atoms. The van der Waals surface area contributed by atoms with Gasteiger partial charge in [-0.3, -0.25) is 0 Å². The van der Waals surface area contributed by atoms with Gasteiger partial charge in [-0.15, -0.1) is 6.42 Å². The molecule has 0 amide bonds. The van der Waals surface area contributed by atoms with Crippen LogP contribution >= 0.6 is 0 Å². The van der Waals surface area contributed by atoms with E-state index in [1.165, 1.54) is 0 Å². The number of hydrogen-bond donors (Lipinski definition) is 2. The third kappa shape index (κ3) is 4.78. The summed E-state index contributed by atoms with van der Waals surface area (Å²) >= 11 is 0. The van der Waals surface area contributed by atoms with Crippen LogP contribution in [0.15, 0.2) is 0 Å². The van der Waals surface area contributed by atoms with Crippen molar-refractivity contribution in [1.82, 2.24) is 20.4 Å². The minimum atomic E-state index is -5.60. The molecule has 28 heavy (non-hydrogen) atoms. The van der Waals surface area contributed by atoms with Gasteiger partial charge in [-0.25, -0.2) is 10.2 Å². The second-order valence-corrected chi connectivity index (χ2v) is 4.86. The number of halogens is 12. The van der Waals surface area contributed by atoms with E-state index in [-0.39, 0.29) is 22.4 Å². The predicted molar refractivity (Wildman–Crippen MR) is 59.7 cm³/mol. The molecule has 0 aromatic carbocycles. The Morgan fingerprint density at radius 2 is 0.821 bits per heavy atom. The molecule has 2 aromatic rings. The Morgan fingerprint density at radius 3 is 1.04 bits per heavy atom. The third-order valence-electron chi connectivity index (χ3n) is 3.00. The minimum absolute atomic E-state index is 0. The van der Waals surface area contributed by atoms with Gasteiger partial charge in [-0.2, -0.15) is 52.7 Å². The molecule has 0 aliphatic heterocycles. The summed E-state index contributed by atoms with van der Waals surface area (Å²) in [5, 5.41) is 6.51. The number of nitrogens with zero attached hydrogens (tertiary/aromatic N) is 2. The first-order valence-electron chi connectivity index (χ1n) is 6.24. The zero-order chi connectivity index (χ0) is 21.0. The molecule has 0 atom stereocenters. The number of aromatic amines is 2. The normalized spacial score (nSPS) is 13.4. The fourth-order valence-corrected chi connectivity index (χ4v) is 1.99. The van der Waals surface area contributed by atoms with Crippen molar-refractivity contribution in [3.8, 4) is 0 Å². The molecule has 0 aliphatic carbocycles. The van der Waals surface area contributed by atoms with Crippen LogP contribution in [-0.2, 0) is 47.1 Å². The van der Waals surface area contributed by atoms with Gasteiger partial charge in [0, 0.05) is 0 Å². The average Bonchev–Trinajstić information content (AvgIpc) is 2.99. The maximum atomic E-state index is 12.8. The minimum Gasteiger partial charge on any atom is -0.312 e. The maximum Gasteiger partial charge on any atom is 1.00 e. The summed E-state index contributed by atoms with van der Waals surface area (Å²) < 4.78 is 154. The van der Waals surface area contributed by atoms with Crippen molar-refractivity contribution in [1.29, 1.82) is 0 Å². The Hall–Kier alpha value is -1.81. The molecular formula is C11H3AgF12N4. The van der Waals surface area contributed by atoms with E-state index in [1.54, 1.807) is 0 Å². The first-order valence-corrected chi connectivity index (χ1v) is 6.24. The summed E-state index contributed by atoms with van der Waals surface area (Å²) in [6.45, 7) is 0. The Kier molecular flexibility index (Phi) is 6.25. The van der Waals surface area contributed by atoms with Crippen molar-refractivity contribution in [2.75, 3.05) is 0 Å². The van der Waals surface area contributed by atoms with Crippen LogP contribution in [0.5, 0.6) is 0 Å². The van der Waals surface area contributed by atoms with Crippen LogP contribution in [0.25, 0.3) is 0 Å². The van der Waals surface area contributed by atoms with Gasteiger partial charge in [0.15, 0.2) is 0 Å². The van der Waals surface area contributed by atoms with Crippen molar-refractivity contribution in [2.24, 2.45) is 0 Å². The molecule has 0 aliphatic rings. The first-order chi connectivity index (χ1) is 11.9. The fraction of sp³-hybridized carbons (Fsp3) is 0.364. The van der Waals surface area contributed by atoms with Gasteiger partial charge in [-0.05, 0) is 0 Å². The van der Waals surface area contributed by atoms with Crippen LogP contribution in [-0.4, -0.2) is 20.4 Å². The summed E-state index contributed by atoms with van der Waals surface area (Å²) in [5.74, 6) is 0. The van der Waals surface area contributed by atoms with E-state index in [0.29, 0.717) is 0 Å². The Balaban J connectivity index is 0.00000392. The molecule has 0 bridgehead atoms. The van der Waals surface area contributed by atoms with E-state index in [9.17, 15) is 52.7 Å². The SMILES string of the molecule is FC(F)(F)c1n[nH]c(C(F)(F)F)c1[CH-]c1c(C(F)(F)F)n[nH]c1C(F)(F)F.[Ag+]. The Labute approximate surface area is 161 Å². The molecular weight excluding hydrogens is 524 g/mol. The van der Waals surface area contributed by atoms with E-state index in [0.717, 1.165) is 10.2 Å². The summed E-state index contributed by atoms with van der Waals surface area (Å²) in [4.78, 5) is 0. The van der Waals surface area contributed by atoms with Crippen molar-refractivity contribution >= 4 is 0 Å². The smallest absolute Gasteiger partial charge is 0.312 e. The van der Waals surface area contributed by atoms with Gasteiger partial charge in [0.05, 0.1) is 11.4 Å². The van der Waals surface area contributed by atoms with Gasteiger partial charge >= 0.3 is 47.1 Å². The summed E-state index contributed by atoms with van der Waals surface area (Å²) in [7, 11) is 0.